The van der Waals surface area contributed by atoms with Crippen LogP contribution in [0.15, 0.2) is 59.2 Å². The maximum atomic E-state index is 12.4. The standard InChI is InChI=1S/C20H17N3O4/c21-10-4-11-23(13-16-6-3-12-26-16)19(24)14-27-20(25)18-9-8-15-5-1-2-7-17(15)22-18/h1-3,5-9,12H,4,11,13-14H2. The lowest BCUT2D eigenvalue weighted by Crippen LogP contribution is -2.35. The Morgan fingerprint density at radius 3 is 2.78 bits per heavy atom. The van der Waals surface area contributed by atoms with Crippen molar-refractivity contribution < 1.29 is 18.7 Å². The van der Waals surface area contributed by atoms with Gasteiger partial charge in [-0.25, -0.2) is 9.78 Å². The first-order valence-corrected chi connectivity index (χ1v) is 8.37. The van der Waals surface area contributed by atoms with Crippen LogP contribution in [-0.2, 0) is 16.1 Å². The lowest BCUT2D eigenvalue weighted by Gasteiger charge is -2.20. The first kappa shape index (κ1) is 18.1. The van der Waals surface area contributed by atoms with Gasteiger partial charge in [-0.15, -0.1) is 0 Å². The molecule has 0 spiro atoms. The Bertz CT molecular complexity index is 976. The van der Waals surface area contributed by atoms with Crippen molar-refractivity contribution in [2.45, 2.75) is 13.0 Å². The Labute approximate surface area is 155 Å². The summed E-state index contributed by atoms with van der Waals surface area (Å²) in [6, 6.07) is 16.2. The van der Waals surface area contributed by atoms with Gasteiger partial charge in [0.15, 0.2) is 6.61 Å². The summed E-state index contributed by atoms with van der Waals surface area (Å²) in [6.07, 6.45) is 1.68. The number of furan rings is 1. The van der Waals surface area contributed by atoms with Gasteiger partial charge in [0.05, 0.1) is 30.8 Å². The van der Waals surface area contributed by atoms with Gasteiger partial charge in [-0.3, -0.25) is 4.79 Å². The Balaban J connectivity index is 1.62. The molecule has 0 aliphatic carbocycles. The molecule has 0 unspecified atom stereocenters. The number of amides is 1. The fourth-order valence-corrected chi connectivity index (χ4v) is 2.54. The van der Waals surface area contributed by atoms with E-state index in [1.54, 1.807) is 30.3 Å². The number of hydrogen-bond donors (Lipinski definition) is 0. The minimum Gasteiger partial charge on any atom is -0.467 e. The van der Waals surface area contributed by atoms with Crippen LogP contribution in [0.2, 0.25) is 0 Å². The second-order valence-corrected chi connectivity index (χ2v) is 5.77. The molecule has 136 valence electrons. The molecule has 7 heteroatoms. The number of fused-ring (bicyclic) bond motifs is 1. The largest absolute Gasteiger partial charge is 0.467 e. The quantitative estimate of drug-likeness (QED) is 0.599. The maximum Gasteiger partial charge on any atom is 0.357 e. The van der Waals surface area contributed by atoms with E-state index in [2.05, 4.69) is 4.98 Å². The number of para-hydroxylation sites is 1. The maximum absolute atomic E-state index is 12.4. The molecule has 0 N–H and O–H groups in total. The van der Waals surface area contributed by atoms with Gasteiger partial charge in [0, 0.05) is 11.9 Å². The Hall–Kier alpha value is -3.66. The summed E-state index contributed by atoms with van der Waals surface area (Å²) in [5.74, 6) is -0.494. The Morgan fingerprint density at radius 2 is 2.00 bits per heavy atom. The van der Waals surface area contributed by atoms with Gasteiger partial charge in [0.2, 0.25) is 0 Å². The molecule has 0 fully saturated rings. The minimum absolute atomic E-state index is 0.135. The topological polar surface area (TPSA) is 96.4 Å². The molecule has 0 atom stereocenters. The highest BCUT2D eigenvalue weighted by atomic mass is 16.5. The molecule has 1 aromatic carbocycles. The highest BCUT2D eigenvalue weighted by Crippen LogP contribution is 2.13. The van der Waals surface area contributed by atoms with Crippen LogP contribution in [0.25, 0.3) is 10.9 Å². The van der Waals surface area contributed by atoms with Crippen LogP contribution in [0.4, 0.5) is 0 Å². The van der Waals surface area contributed by atoms with Gasteiger partial charge in [0.1, 0.15) is 11.5 Å². The number of hydrogen-bond acceptors (Lipinski definition) is 6. The summed E-state index contributed by atoms with van der Waals surface area (Å²) < 4.78 is 10.3. The monoisotopic (exact) mass is 363 g/mol. The summed E-state index contributed by atoms with van der Waals surface area (Å²) in [4.78, 5) is 30.3. The zero-order chi connectivity index (χ0) is 19.1. The van der Waals surface area contributed by atoms with E-state index in [-0.39, 0.29) is 25.2 Å². The van der Waals surface area contributed by atoms with Gasteiger partial charge in [0.25, 0.3) is 5.91 Å². The van der Waals surface area contributed by atoms with E-state index in [1.165, 1.54) is 11.2 Å². The van der Waals surface area contributed by atoms with Crippen LogP contribution in [0.1, 0.15) is 22.7 Å². The summed E-state index contributed by atoms with van der Waals surface area (Å²) in [5.41, 5.74) is 0.808. The van der Waals surface area contributed by atoms with Crippen molar-refractivity contribution in [1.82, 2.24) is 9.88 Å². The number of nitrogens with zero attached hydrogens (tertiary/aromatic N) is 3. The predicted octanol–water partition coefficient (Wildman–Crippen LogP) is 2.93. The number of rotatable bonds is 7. The third kappa shape index (κ3) is 4.70. The number of ether oxygens (including phenoxy) is 1. The van der Waals surface area contributed by atoms with Crippen LogP contribution in [-0.4, -0.2) is 34.9 Å². The van der Waals surface area contributed by atoms with Crippen molar-refractivity contribution in [3.8, 4) is 6.07 Å². The highest BCUT2D eigenvalue weighted by molar-refractivity contribution is 5.92. The van der Waals surface area contributed by atoms with Gasteiger partial charge in [-0.05, 0) is 24.3 Å². The molecule has 0 aliphatic heterocycles. The van der Waals surface area contributed by atoms with E-state index in [4.69, 9.17) is 14.4 Å². The van der Waals surface area contributed by atoms with Crippen molar-refractivity contribution in [2.75, 3.05) is 13.2 Å². The highest BCUT2D eigenvalue weighted by Gasteiger charge is 2.18. The average Bonchev–Trinajstić information content (AvgIpc) is 3.21. The van der Waals surface area contributed by atoms with Crippen molar-refractivity contribution in [1.29, 1.82) is 5.26 Å². The molecule has 0 bridgehead atoms. The SMILES string of the molecule is N#CCCN(Cc1ccco1)C(=O)COC(=O)c1ccc2ccccc2n1. The molecule has 0 aliphatic rings. The molecule has 2 aromatic heterocycles. The summed E-state index contributed by atoms with van der Waals surface area (Å²) >= 11 is 0. The van der Waals surface area contributed by atoms with Crippen LogP contribution < -0.4 is 0 Å². The third-order valence-corrected chi connectivity index (χ3v) is 3.91. The van der Waals surface area contributed by atoms with Crippen molar-refractivity contribution in [3.05, 3.63) is 66.2 Å². The first-order chi connectivity index (χ1) is 13.2. The Morgan fingerprint density at radius 1 is 1.15 bits per heavy atom. The number of aromatic nitrogens is 1. The zero-order valence-corrected chi connectivity index (χ0v) is 14.5. The van der Waals surface area contributed by atoms with Crippen LogP contribution in [0, 0.1) is 11.3 Å². The van der Waals surface area contributed by atoms with Gasteiger partial charge < -0.3 is 14.1 Å². The number of esters is 1. The molecule has 0 radical (unpaired) electrons. The second-order valence-electron chi connectivity index (χ2n) is 5.77. The molecular weight excluding hydrogens is 346 g/mol. The first-order valence-electron chi connectivity index (χ1n) is 8.37. The number of pyridine rings is 1. The lowest BCUT2D eigenvalue weighted by atomic mass is 10.2. The fraction of sp³-hybridized carbons (Fsp3) is 0.200. The van der Waals surface area contributed by atoms with E-state index in [1.807, 2.05) is 24.3 Å². The molecular formula is C20H17N3O4. The molecule has 2 heterocycles. The van der Waals surface area contributed by atoms with Crippen molar-refractivity contribution in [3.63, 3.8) is 0 Å². The molecule has 0 saturated carbocycles. The molecule has 0 saturated heterocycles. The number of carbonyl (C=O) groups excluding carboxylic acids is 2. The van der Waals surface area contributed by atoms with Crippen molar-refractivity contribution >= 4 is 22.8 Å². The lowest BCUT2D eigenvalue weighted by molar-refractivity contribution is -0.135. The summed E-state index contributed by atoms with van der Waals surface area (Å²) in [5, 5.41) is 9.68. The van der Waals surface area contributed by atoms with Crippen LogP contribution in [0.5, 0.6) is 0 Å². The van der Waals surface area contributed by atoms with E-state index in [0.29, 0.717) is 11.3 Å². The van der Waals surface area contributed by atoms with E-state index in [9.17, 15) is 9.59 Å². The van der Waals surface area contributed by atoms with Gasteiger partial charge >= 0.3 is 5.97 Å². The Kier molecular flexibility index (Phi) is 5.80. The number of carbonyl (C=O) groups is 2. The number of nitriles is 1. The number of benzene rings is 1. The normalized spacial score (nSPS) is 10.3. The molecule has 3 aromatic rings. The van der Waals surface area contributed by atoms with Crippen molar-refractivity contribution in [2.24, 2.45) is 0 Å². The predicted molar refractivity (Wildman–Crippen MR) is 96.4 cm³/mol. The molecule has 27 heavy (non-hydrogen) atoms. The minimum atomic E-state index is -0.674. The van der Waals surface area contributed by atoms with Crippen LogP contribution in [0.3, 0.4) is 0 Å². The molecule has 7 nitrogen and oxygen atoms in total. The van der Waals surface area contributed by atoms with E-state index >= 15 is 0 Å². The van der Waals surface area contributed by atoms with Gasteiger partial charge in [-0.2, -0.15) is 5.26 Å². The summed E-state index contributed by atoms with van der Waals surface area (Å²) in [7, 11) is 0. The smallest absolute Gasteiger partial charge is 0.357 e. The zero-order valence-electron chi connectivity index (χ0n) is 14.5. The third-order valence-electron chi connectivity index (χ3n) is 3.91. The fourth-order valence-electron chi connectivity index (χ4n) is 2.54. The van der Waals surface area contributed by atoms with Gasteiger partial charge in [-0.1, -0.05) is 24.3 Å². The summed E-state index contributed by atoms with van der Waals surface area (Å²) in [6.45, 7) is 0.000569. The molecule has 3 rings (SSSR count). The van der Waals surface area contributed by atoms with E-state index < -0.39 is 18.5 Å². The molecule has 1 amide bonds. The van der Waals surface area contributed by atoms with E-state index in [0.717, 1.165) is 5.39 Å². The second kappa shape index (κ2) is 8.63. The average molecular weight is 363 g/mol. The van der Waals surface area contributed by atoms with Crippen LogP contribution >= 0.6 is 0 Å².